The van der Waals surface area contributed by atoms with E-state index in [2.05, 4.69) is 28.8 Å². The molecule has 172 valence electrons. The van der Waals surface area contributed by atoms with E-state index in [4.69, 9.17) is 9.47 Å². The molecule has 0 aliphatic carbocycles. The van der Waals surface area contributed by atoms with Crippen LogP contribution >= 0.6 is 0 Å². The van der Waals surface area contributed by atoms with Gasteiger partial charge in [-0.05, 0) is 44.5 Å². The molecule has 34 heavy (non-hydrogen) atoms. The monoisotopic (exact) mass is 454 g/mol. The topological polar surface area (TPSA) is 61.9 Å². The van der Waals surface area contributed by atoms with E-state index in [-0.39, 0.29) is 0 Å². The van der Waals surface area contributed by atoms with Crippen molar-refractivity contribution < 1.29 is 19.1 Å². The second-order valence-corrected chi connectivity index (χ2v) is 9.36. The van der Waals surface area contributed by atoms with Gasteiger partial charge in [0.05, 0.1) is 23.7 Å². The van der Waals surface area contributed by atoms with Gasteiger partial charge in [0.1, 0.15) is 11.3 Å². The Bertz CT molecular complexity index is 1550. The summed E-state index contributed by atoms with van der Waals surface area (Å²) >= 11 is 0. The van der Waals surface area contributed by atoms with Gasteiger partial charge in [-0.3, -0.25) is 0 Å². The Morgan fingerprint density at radius 2 is 1.56 bits per heavy atom. The Labute approximate surface area is 197 Å². The van der Waals surface area contributed by atoms with Crippen molar-refractivity contribution in [3.05, 3.63) is 89.7 Å². The number of rotatable bonds is 4. The lowest BCUT2D eigenvalue weighted by Gasteiger charge is -2.18. The van der Waals surface area contributed by atoms with Crippen LogP contribution in [-0.4, -0.2) is 33.6 Å². The molecule has 5 aromatic rings. The molecule has 2 aromatic carbocycles. The van der Waals surface area contributed by atoms with Crippen molar-refractivity contribution >= 4 is 39.3 Å². The Kier molecular flexibility index (Phi) is 5.16. The predicted octanol–water partition coefficient (Wildman–Crippen LogP) is 5.84. The first kappa shape index (κ1) is 21.8. The van der Waals surface area contributed by atoms with E-state index < -0.39 is 17.5 Å². The molecule has 0 N–H and O–H groups in total. The predicted molar refractivity (Wildman–Crippen MR) is 132 cm³/mol. The lowest BCUT2D eigenvalue weighted by Crippen LogP contribution is -2.23. The van der Waals surface area contributed by atoms with Crippen molar-refractivity contribution in [1.29, 1.82) is 0 Å². The maximum Gasteiger partial charge on any atom is 0.355 e. The molecule has 0 bridgehead atoms. The number of para-hydroxylation sites is 1. The van der Waals surface area contributed by atoms with Gasteiger partial charge >= 0.3 is 11.9 Å². The Hall–Kier alpha value is -4.06. The standard InChI is InChI=1S/C28H26N2O4/c1-28(2,3)34-26(31)19-14-23-25-21(15-24(27(32)33-4)29(23)17-19)20-12-8-9-13-22(20)30(25)16-18-10-6-5-7-11-18/h5-15,17H,16H2,1-4H3. The van der Waals surface area contributed by atoms with Gasteiger partial charge in [0.2, 0.25) is 0 Å². The summed E-state index contributed by atoms with van der Waals surface area (Å²) in [5.41, 5.74) is 3.97. The molecule has 0 spiro atoms. The quantitative estimate of drug-likeness (QED) is 0.320. The van der Waals surface area contributed by atoms with Crippen LogP contribution < -0.4 is 0 Å². The number of methoxy groups -OCH3 is 1. The molecule has 0 aliphatic rings. The molecule has 5 rings (SSSR count). The summed E-state index contributed by atoms with van der Waals surface area (Å²) < 4.78 is 14.6. The molecule has 0 radical (unpaired) electrons. The molecular formula is C28H26N2O4. The lowest BCUT2D eigenvalue weighted by atomic mass is 10.1. The van der Waals surface area contributed by atoms with Crippen LogP contribution in [0.2, 0.25) is 0 Å². The Balaban J connectivity index is 1.85. The summed E-state index contributed by atoms with van der Waals surface area (Å²) in [6.07, 6.45) is 1.65. The smallest absolute Gasteiger partial charge is 0.355 e. The molecule has 0 saturated carbocycles. The highest BCUT2D eigenvalue weighted by Crippen LogP contribution is 2.35. The van der Waals surface area contributed by atoms with Crippen molar-refractivity contribution in [3.8, 4) is 0 Å². The van der Waals surface area contributed by atoms with E-state index in [1.165, 1.54) is 7.11 Å². The van der Waals surface area contributed by atoms with E-state index in [1.54, 1.807) is 16.7 Å². The minimum Gasteiger partial charge on any atom is -0.464 e. The van der Waals surface area contributed by atoms with Gasteiger partial charge < -0.3 is 18.4 Å². The summed E-state index contributed by atoms with van der Waals surface area (Å²) in [4.78, 5) is 25.7. The first-order valence-corrected chi connectivity index (χ1v) is 11.2. The number of hydrogen-bond acceptors (Lipinski definition) is 4. The summed E-state index contributed by atoms with van der Waals surface area (Å²) in [5, 5.41) is 1.95. The maximum atomic E-state index is 12.9. The molecule has 0 aliphatic heterocycles. The van der Waals surface area contributed by atoms with E-state index in [1.807, 2.05) is 57.2 Å². The van der Waals surface area contributed by atoms with Gasteiger partial charge in [-0.1, -0.05) is 48.5 Å². The number of fused-ring (bicyclic) bond motifs is 5. The molecule has 6 nitrogen and oxygen atoms in total. The number of hydrogen-bond donors (Lipinski definition) is 0. The molecule has 0 amide bonds. The van der Waals surface area contributed by atoms with Crippen molar-refractivity contribution in [2.45, 2.75) is 32.9 Å². The van der Waals surface area contributed by atoms with Crippen LogP contribution in [0.5, 0.6) is 0 Å². The average molecular weight is 455 g/mol. The summed E-state index contributed by atoms with van der Waals surface area (Å²) in [6, 6.07) is 22.0. The van der Waals surface area contributed by atoms with Gasteiger partial charge in [-0.15, -0.1) is 0 Å². The van der Waals surface area contributed by atoms with Gasteiger partial charge in [-0.2, -0.15) is 0 Å². The minimum atomic E-state index is -0.631. The summed E-state index contributed by atoms with van der Waals surface area (Å²) in [5.74, 6) is -0.913. The molecule has 3 aromatic heterocycles. The van der Waals surface area contributed by atoms with Crippen LogP contribution in [-0.2, 0) is 16.0 Å². The number of ether oxygens (including phenoxy) is 2. The normalized spacial score (nSPS) is 11.9. The van der Waals surface area contributed by atoms with Crippen LogP contribution in [0.25, 0.3) is 27.3 Å². The fourth-order valence-electron chi connectivity index (χ4n) is 4.44. The number of carbonyl (C=O) groups excluding carboxylic acids is 2. The highest BCUT2D eigenvalue weighted by Gasteiger charge is 2.24. The minimum absolute atomic E-state index is 0.349. The van der Waals surface area contributed by atoms with E-state index in [9.17, 15) is 9.59 Å². The number of aromatic nitrogens is 2. The third-order valence-electron chi connectivity index (χ3n) is 5.83. The third-order valence-corrected chi connectivity index (χ3v) is 5.83. The zero-order valence-corrected chi connectivity index (χ0v) is 19.7. The van der Waals surface area contributed by atoms with Crippen molar-refractivity contribution in [1.82, 2.24) is 8.97 Å². The number of benzene rings is 2. The molecular weight excluding hydrogens is 428 g/mol. The van der Waals surface area contributed by atoms with E-state index in [0.29, 0.717) is 17.8 Å². The van der Waals surface area contributed by atoms with E-state index in [0.717, 1.165) is 32.9 Å². The van der Waals surface area contributed by atoms with Gasteiger partial charge in [0.15, 0.2) is 0 Å². The second-order valence-electron chi connectivity index (χ2n) is 9.36. The molecule has 0 fully saturated rings. The van der Waals surface area contributed by atoms with Crippen molar-refractivity contribution in [3.63, 3.8) is 0 Å². The first-order valence-electron chi connectivity index (χ1n) is 11.2. The zero-order valence-electron chi connectivity index (χ0n) is 19.7. The zero-order chi connectivity index (χ0) is 24.0. The van der Waals surface area contributed by atoms with Gasteiger partial charge in [0, 0.05) is 29.0 Å². The summed E-state index contributed by atoms with van der Waals surface area (Å²) in [7, 11) is 1.36. The van der Waals surface area contributed by atoms with Crippen LogP contribution in [0.4, 0.5) is 0 Å². The van der Waals surface area contributed by atoms with Gasteiger partial charge in [-0.25, -0.2) is 9.59 Å². The van der Waals surface area contributed by atoms with Crippen LogP contribution in [0.3, 0.4) is 0 Å². The number of pyridine rings is 1. The average Bonchev–Trinajstić information content (AvgIpc) is 3.38. The van der Waals surface area contributed by atoms with E-state index >= 15 is 0 Å². The lowest BCUT2D eigenvalue weighted by molar-refractivity contribution is 0.00693. The highest BCUT2D eigenvalue weighted by atomic mass is 16.6. The fourth-order valence-corrected chi connectivity index (χ4v) is 4.44. The van der Waals surface area contributed by atoms with Crippen LogP contribution in [0.15, 0.2) is 72.9 Å². The van der Waals surface area contributed by atoms with Crippen molar-refractivity contribution in [2.24, 2.45) is 0 Å². The molecule has 0 atom stereocenters. The number of carbonyl (C=O) groups is 2. The third kappa shape index (κ3) is 3.71. The van der Waals surface area contributed by atoms with Crippen molar-refractivity contribution in [2.75, 3.05) is 7.11 Å². The van der Waals surface area contributed by atoms with Crippen LogP contribution in [0.1, 0.15) is 47.2 Å². The Morgan fingerprint density at radius 3 is 2.26 bits per heavy atom. The van der Waals surface area contributed by atoms with Crippen LogP contribution in [0, 0.1) is 0 Å². The molecule has 6 heteroatoms. The molecule has 0 unspecified atom stereocenters. The van der Waals surface area contributed by atoms with Gasteiger partial charge in [0.25, 0.3) is 0 Å². The largest absolute Gasteiger partial charge is 0.464 e. The molecule has 3 heterocycles. The SMILES string of the molecule is COC(=O)c1cc2c3ccccc3n(Cc3ccccc3)c2c2cc(C(=O)OC(C)(C)C)cn12. The molecule has 0 saturated heterocycles. The highest BCUT2D eigenvalue weighted by molar-refractivity contribution is 6.15. The number of nitrogens with zero attached hydrogens (tertiary/aromatic N) is 2. The summed E-state index contributed by atoms with van der Waals surface area (Å²) in [6.45, 7) is 6.13. The Morgan fingerprint density at radius 1 is 0.853 bits per heavy atom. The number of esters is 2. The first-order chi connectivity index (χ1) is 16.3. The maximum absolute atomic E-state index is 12.9. The fraction of sp³-hybridized carbons (Fsp3) is 0.214. The second kappa shape index (κ2) is 8.06.